The third-order valence-corrected chi connectivity index (χ3v) is 2.31. The van der Waals surface area contributed by atoms with Crippen molar-refractivity contribution in [2.75, 3.05) is 0 Å². The molecule has 0 fully saturated rings. The van der Waals surface area contributed by atoms with E-state index in [2.05, 4.69) is 40.6 Å². The number of pyridine rings is 1. The van der Waals surface area contributed by atoms with Gasteiger partial charge in [-0.15, -0.1) is 0 Å². The van der Waals surface area contributed by atoms with E-state index in [1.165, 1.54) is 9.13 Å². The summed E-state index contributed by atoms with van der Waals surface area (Å²) in [6.45, 7) is 4.10. The summed E-state index contributed by atoms with van der Waals surface area (Å²) in [6, 6.07) is 2.09. The minimum Gasteiger partial charge on any atom is -0.260 e. The van der Waals surface area contributed by atoms with Crippen LogP contribution in [0, 0.1) is 17.4 Å². The van der Waals surface area contributed by atoms with E-state index >= 15 is 0 Å². The van der Waals surface area contributed by atoms with E-state index < -0.39 is 0 Å². The molecule has 1 rings (SSSR count). The molecule has 48 valence electrons. The number of hydrogen-bond acceptors (Lipinski definition) is 1. The Balaban J connectivity index is 3.17. The number of aryl methyl sites for hydroxylation is 2. The molecule has 1 aromatic rings. The van der Waals surface area contributed by atoms with E-state index in [9.17, 15) is 0 Å². The third-order valence-electron chi connectivity index (χ3n) is 1.18. The van der Waals surface area contributed by atoms with Gasteiger partial charge in [0, 0.05) is 15.5 Å². The summed E-state index contributed by atoms with van der Waals surface area (Å²) >= 11 is 2.28. The summed E-state index contributed by atoms with van der Waals surface area (Å²) in [5, 5.41) is 0. The SMILES string of the molecule is Cc1cc(C)c(I)cn1. The maximum Gasteiger partial charge on any atom is 0.0407 e. The van der Waals surface area contributed by atoms with Gasteiger partial charge in [-0.05, 0) is 48.1 Å². The summed E-state index contributed by atoms with van der Waals surface area (Å²) < 4.78 is 1.23. The second-order valence-electron chi connectivity index (χ2n) is 2.07. The molecule has 0 aliphatic rings. The van der Waals surface area contributed by atoms with Gasteiger partial charge in [0.05, 0.1) is 0 Å². The molecule has 0 aliphatic heterocycles. The van der Waals surface area contributed by atoms with Gasteiger partial charge in [-0.1, -0.05) is 0 Å². The predicted molar refractivity (Wildman–Crippen MR) is 46.4 cm³/mol. The molecule has 0 N–H and O–H groups in total. The van der Waals surface area contributed by atoms with Crippen molar-refractivity contribution < 1.29 is 0 Å². The van der Waals surface area contributed by atoms with Crippen molar-refractivity contribution in [2.24, 2.45) is 0 Å². The Bertz CT molecular complexity index is 220. The van der Waals surface area contributed by atoms with Gasteiger partial charge in [0.25, 0.3) is 0 Å². The summed E-state index contributed by atoms with van der Waals surface area (Å²) in [4.78, 5) is 4.13. The largest absolute Gasteiger partial charge is 0.260 e. The molecular formula is C7H8IN. The molecule has 0 aliphatic carbocycles. The summed E-state index contributed by atoms with van der Waals surface area (Å²) in [5.41, 5.74) is 2.40. The Kier molecular flexibility index (Phi) is 2.05. The van der Waals surface area contributed by atoms with Crippen LogP contribution in [0.25, 0.3) is 0 Å². The molecule has 0 spiro atoms. The zero-order chi connectivity index (χ0) is 6.85. The van der Waals surface area contributed by atoms with Gasteiger partial charge in [-0.3, -0.25) is 4.98 Å². The van der Waals surface area contributed by atoms with Crippen molar-refractivity contribution >= 4 is 22.6 Å². The van der Waals surface area contributed by atoms with Gasteiger partial charge in [0.1, 0.15) is 0 Å². The molecule has 1 heterocycles. The van der Waals surface area contributed by atoms with Crippen LogP contribution in [0.5, 0.6) is 0 Å². The van der Waals surface area contributed by atoms with Gasteiger partial charge in [0.15, 0.2) is 0 Å². The average Bonchev–Trinajstić information content (AvgIpc) is 1.80. The van der Waals surface area contributed by atoms with Gasteiger partial charge in [-0.25, -0.2) is 0 Å². The van der Waals surface area contributed by atoms with Crippen molar-refractivity contribution in [3.63, 3.8) is 0 Å². The van der Waals surface area contributed by atoms with Gasteiger partial charge >= 0.3 is 0 Å². The lowest BCUT2D eigenvalue weighted by Gasteiger charge is -1.96. The highest BCUT2D eigenvalue weighted by Gasteiger charge is 1.91. The Morgan fingerprint density at radius 2 is 2.11 bits per heavy atom. The molecular weight excluding hydrogens is 225 g/mol. The first-order chi connectivity index (χ1) is 4.20. The molecule has 0 amide bonds. The van der Waals surface area contributed by atoms with E-state index in [0.717, 1.165) is 5.69 Å². The maximum absolute atomic E-state index is 4.13. The van der Waals surface area contributed by atoms with E-state index in [1.807, 2.05) is 13.1 Å². The second-order valence-corrected chi connectivity index (χ2v) is 3.24. The van der Waals surface area contributed by atoms with Crippen molar-refractivity contribution in [1.82, 2.24) is 4.98 Å². The molecule has 0 bridgehead atoms. The van der Waals surface area contributed by atoms with E-state index in [0.29, 0.717) is 0 Å². The molecule has 0 saturated carbocycles. The van der Waals surface area contributed by atoms with E-state index in [4.69, 9.17) is 0 Å². The quantitative estimate of drug-likeness (QED) is 0.626. The molecule has 1 nitrogen and oxygen atoms in total. The Morgan fingerprint density at radius 1 is 1.44 bits per heavy atom. The second kappa shape index (κ2) is 2.64. The Labute approximate surface area is 68.6 Å². The zero-order valence-corrected chi connectivity index (χ0v) is 7.64. The molecule has 0 saturated heterocycles. The average molecular weight is 233 g/mol. The normalized spacial score (nSPS) is 9.67. The Morgan fingerprint density at radius 3 is 2.56 bits per heavy atom. The molecule has 0 atom stereocenters. The number of rotatable bonds is 0. The van der Waals surface area contributed by atoms with Crippen molar-refractivity contribution in [2.45, 2.75) is 13.8 Å². The maximum atomic E-state index is 4.13. The smallest absolute Gasteiger partial charge is 0.0407 e. The molecule has 9 heavy (non-hydrogen) atoms. The van der Waals surface area contributed by atoms with Crippen molar-refractivity contribution in [3.05, 3.63) is 27.1 Å². The van der Waals surface area contributed by atoms with Crippen LogP contribution < -0.4 is 0 Å². The molecule has 0 aromatic carbocycles. The minimum atomic E-state index is 1.09. The zero-order valence-electron chi connectivity index (χ0n) is 5.48. The summed E-state index contributed by atoms with van der Waals surface area (Å²) in [7, 11) is 0. The van der Waals surface area contributed by atoms with Crippen LogP contribution in [0.3, 0.4) is 0 Å². The lowest BCUT2D eigenvalue weighted by Crippen LogP contribution is -1.84. The first-order valence-corrected chi connectivity index (χ1v) is 3.87. The number of halogens is 1. The van der Waals surface area contributed by atoms with Crippen LogP contribution in [0.15, 0.2) is 12.3 Å². The standard InChI is InChI=1S/C7H8IN/c1-5-3-6(2)9-4-7(5)8/h3-4H,1-2H3. The number of hydrogen-bond donors (Lipinski definition) is 0. The Hall–Kier alpha value is -0.120. The first kappa shape index (κ1) is 6.99. The predicted octanol–water partition coefficient (Wildman–Crippen LogP) is 2.30. The fourth-order valence-corrected chi connectivity index (χ4v) is 0.975. The van der Waals surface area contributed by atoms with Crippen LogP contribution in [0.4, 0.5) is 0 Å². The van der Waals surface area contributed by atoms with E-state index in [1.54, 1.807) is 0 Å². The highest BCUT2D eigenvalue weighted by atomic mass is 127. The topological polar surface area (TPSA) is 12.9 Å². The molecule has 0 radical (unpaired) electrons. The van der Waals surface area contributed by atoms with Crippen LogP contribution in [-0.4, -0.2) is 4.98 Å². The van der Waals surface area contributed by atoms with Crippen LogP contribution >= 0.6 is 22.6 Å². The molecule has 2 heteroatoms. The van der Waals surface area contributed by atoms with Crippen LogP contribution in [0.1, 0.15) is 11.3 Å². The fourth-order valence-electron chi connectivity index (χ4n) is 0.680. The lowest BCUT2D eigenvalue weighted by atomic mass is 10.3. The van der Waals surface area contributed by atoms with Gasteiger partial charge < -0.3 is 0 Å². The summed E-state index contributed by atoms with van der Waals surface area (Å²) in [6.07, 6.45) is 1.89. The lowest BCUT2D eigenvalue weighted by molar-refractivity contribution is 1.16. The molecule has 0 unspecified atom stereocenters. The van der Waals surface area contributed by atoms with Gasteiger partial charge in [-0.2, -0.15) is 0 Å². The first-order valence-electron chi connectivity index (χ1n) is 2.79. The summed E-state index contributed by atoms with van der Waals surface area (Å²) in [5.74, 6) is 0. The van der Waals surface area contributed by atoms with Crippen molar-refractivity contribution in [3.8, 4) is 0 Å². The van der Waals surface area contributed by atoms with Crippen LogP contribution in [-0.2, 0) is 0 Å². The van der Waals surface area contributed by atoms with E-state index in [-0.39, 0.29) is 0 Å². The highest BCUT2D eigenvalue weighted by Crippen LogP contribution is 2.09. The third kappa shape index (κ3) is 1.64. The van der Waals surface area contributed by atoms with Crippen LogP contribution in [0.2, 0.25) is 0 Å². The van der Waals surface area contributed by atoms with Gasteiger partial charge in [0.2, 0.25) is 0 Å². The highest BCUT2D eigenvalue weighted by molar-refractivity contribution is 14.1. The van der Waals surface area contributed by atoms with Crippen molar-refractivity contribution in [1.29, 1.82) is 0 Å². The minimum absolute atomic E-state index is 1.09. The number of nitrogens with zero attached hydrogens (tertiary/aromatic N) is 1. The fraction of sp³-hybridized carbons (Fsp3) is 0.286. The number of aromatic nitrogens is 1. The molecule has 1 aromatic heterocycles. The monoisotopic (exact) mass is 233 g/mol.